The maximum Gasteiger partial charge on any atom is 0.328 e. The topological polar surface area (TPSA) is 169 Å². The summed E-state index contributed by atoms with van der Waals surface area (Å²) in [5, 5.41) is 5.66. The largest absolute Gasteiger partial charge is 0.464 e. The van der Waals surface area contributed by atoms with Crippen LogP contribution < -0.4 is 10.6 Å². The summed E-state index contributed by atoms with van der Waals surface area (Å²) in [4.78, 5) is 43.5. The van der Waals surface area contributed by atoms with Crippen LogP contribution in [-0.4, -0.2) is 75.4 Å². The van der Waals surface area contributed by atoms with Crippen molar-refractivity contribution in [3.63, 3.8) is 0 Å². The van der Waals surface area contributed by atoms with Crippen LogP contribution in [0.25, 0.3) is 0 Å². The fraction of sp³-hybridized carbons (Fsp3) is 0.394. The summed E-state index contributed by atoms with van der Waals surface area (Å²) in [5.41, 5.74) is 1.11. The van der Waals surface area contributed by atoms with Gasteiger partial charge in [-0.15, -0.1) is 0 Å². The van der Waals surface area contributed by atoms with Gasteiger partial charge in [-0.2, -0.15) is 4.31 Å². The number of esters is 1. The van der Waals surface area contributed by atoms with Crippen molar-refractivity contribution in [1.82, 2.24) is 14.6 Å². The summed E-state index contributed by atoms with van der Waals surface area (Å²) in [6.45, 7) is 1.79. The molecule has 2 fully saturated rings. The summed E-state index contributed by atoms with van der Waals surface area (Å²) in [7, 11) is -7.99. The third-order valence-corrected chi connectivity index (χ3v) is 12.4. The van der Waals surface area contributed by atoms with Gasteiger partial charge in [0.2, 0.25) is 15.9 Å². The number of amides is 2. The number of hydrogen-bond acceptors (Lipinski definition) is 9. The van der Waals surface area contributed by atoms with Crippen molar-refractivity contribution in [2.45, 2.75) is 60.9 Å². The minimum absolute atomic E-state index is 0.0186. The number of fused-ring (bicyclic) bond motifs is 1. The lowest BCUT2D eigenvalue weighted by atomic mass is 9.78. The molecule has 1 saturated heterocycles. The molecule has 5 rings (SSSR count). The van der Waals surface area contributed by atoms with Gasteiger partial charge in [-0.25, -0.2) is 21.6 Å². The van der Waals surface area contributed by atoms with Gasteiger partial charge in [-0.05, 0) is 67.5 Å². The molecular formula is C33H36Cl2N4O8S2. The molecule has 0 unspecified atom stereocenters. The van der Waals surface area contributed by atoms with Crippen LogP contribution in [0.3, 0.4) is 0 Å². The molecule has 16 heteroatoms. The maximum atomic E-state index is 14.1. The Morgan fingerprint density at radius 2 is 1.63 bits per heavy atom. The van der Waals surface area contributed by atoms with E-state index >= 15 is 0 Å². The minimum atomic E-state index is -4.30. The molecular weight excluding hydrogens is 715 g/mol. The normalized spacial score (nSPS) is 20.2. The number of halogens is 2. The summed E-state index contributed by atoms with van der Waals surface area (Å²) < 4.78 is 58.9. The molecule has 0 spiro atoms. The van der Waals surface area contributed by atoms with Crippen molar-refractivity contribution >= 4 is 66.5 Å². The lowest BCUT2D eigenvalue weighted by molar-refractivity contribution is -0.147. The summed E-state index contributed by atoms with van der Waals surface area (Å²) in [6.07, 6.45) is 6.72. The number of rotatable bonds is 11. The number of aromatic nitrogens is 1. The highest BCUT2D eigenvalue weighted by molar-refractivity contribution is 7.91. The van der Waals surface area contributed by atoms with Gasteiger partial charge in [0.1, 0.15) is 12.1 Å². The first-order valence-electron chi connectivity index (χ1n) is 15.7. The zero-order valence-electron chi connectivity index (χ0n) is 26.8. The molecule has 12 nitrogen and oxygen atoms in total. The molecule has 2 heterocycles. The van der Waals surface area contributed by atoms with Crippen LogP contribution >= 0.6 is 23.2 Å². The van der Waals surface area contributed by atoms with Crippen molar-refractivity contribution < 1.29 is 36.0 Å². The fourth-order valence-electron chi connectivity index (χ4n) is 6.49. The van der Waals surface area contributed by atoms with E-state index < -0.39 is 49.7 Å². The Balaban J connectivity index is 1.37. The van der Waals surface area contributed by atoms with Gasteiger partial charge in [-0.3, -0.25) is 14.6 Å². The van der Waals surface area contributed by atoms with Crippen molar-refractivity contribution in [2.75, 3.05) is 24.7 Å². The molecule has 2 aliphatic rings. The van der Waals surface area contributed by atoms with Gasteiger partial charge in [-0.1, -0.05) is 54.2 Å². The number of anilines is 1. The molecule has 0 bridgehead atoms. The van der Waals surface area contributed by atoms with Gasteiger partial charge in [0.15, 0.2) is 9.84 Å². The van der Waals surface area contributed by atoms with Gasteiger partial charge < -0.3 is 15.4 Å². The first-order valence-corrected chi connectivity index (χ1v) is 19.8. The molecule has 1 aliphatic carbocycles. The zero-order valence-corrected chi connectivity index (χ0v) is 29.9. The number of sulfone groups is 1. The van der Waals surface area contributed by atoms with Crippen LogP contribution in [0.1, 0.15) is 48.5 Å². The second-order valence-corrected chi connectivity index (χ2v) is 16.8. The number of carbonyl (C=O) groups excluding carboxylic acids is 3. The third-order valence-electron chi connectivity index (χ3n) is 8.83. The Labute approximate surface area is 295 Å². The lowest BCUT2D eigenvalue weighted by Gasteiger charge is -2.30. The average molecular weight is 752 g/mol. The molecule has 1 aliphatic heterocycles. The second-order valence-electron chi connectivity index (χ2n) is 12.1. The number of sulfonamides is 1. The molecule has 2 N–H and O–H groups in total. The lowest BCUT2D eigenvalue weighted by Crippen LogP contribution is -2.53. The van der Waals surface area contributed by atoms with Crippen LogP contribution in [0.4, 0.5) is 5.69 Å². The molecule has 2 aromatic carbocycles. The number of pyridine rings is 1. The third kappa shape index (κ3) is 8.26. The van der Waals surface area contributed by atoms with E-state index in [-0.39, 0.29) is 56.8 Å². The van der Waals surface area contributed by atoms with E-state index in [1.165, 1.54) is 30.6 Å². The molecule has 262 valence electrons. The van der Waals surface area contributed by atoms with E-state index in [0.717, 1.165) is 35.9 Å². The van der Waals surface area contributed by atoms with Gasteiger partial charge in [0.05, 0.1) is 32.0 Å². The SMILES string of the molecule is CCOC(=O)[C@H](Cc1ccc(NC(=O)c2c(Cl)cncc2Cl)cc1)NC(=O)[C@@H]1[C@@H]2CCCC[C@@H]2CN1S(=O)(=O)c1cccc(S(C)(=O)=O)c1. The summed E-state index contributed by atoms with van der Waals surface area (Å²) >= 11 is 12.2. The Morgan fingerprint density at radius 3 is 2.29 bits per heavy atom. The van der Waals surface area contributed by atoms with Crippen LogP contribution in [0.2, 0.25) is 10.0 Å². The van der Waals surface area contributed by atoms with Crippen LogP contribution in [0.5, 0.6) is 0 Å². The summed E-state index contributed by atoms with van der Waals surface area (Å²) in [6, 6.07) is 9.40. The molecule has 0 radical (unpaired) electrons. The van der Waals surface area contributed by atoms with Crippen molar-refractivity contribution in [3.05, 3.63) is 82.1 Å². The predicted octanol–water partition coefficient (Wildman–Crippen LogP) is 4.51. The maximum absolute atomic E-state index is 14.1. The van der Waals surface area contributed by atoms with Crippen LogP contribution in [0.15, 0.2) is 70.7 Å². The molecule has 49 heavy (non-hydrogen) atoms. The smallest absolute Gasteiger partial charge is 0.328 e. The van der Waals surface area contributed by atoms with Crippen molar-refractivity contribution in [1.29, 1.82) is 0 Å². The minimum Gasteiger partial charge on any atom is -0.464 e. The van der Waals surface area contributed by atoms with Gasteiger partial charge in [0, 0.05) is 37.3 Å². The van der Waals surface area contributed by atoms with E-state index in [2.05, 4.69) is 15.6 Å². The average Bonchev–Trinajstić information content (AvgIpc) is 3.46. The van der Waals surface area contributed by atoms with Crippen LogP contribution in [0, 0.1) is 11.8 Å². The highest BCUT2D eigenvalue weighted by atomic mass is 35.5. The zero-order chi connectivity index (χ0) is 35.5. The predicted molar refractivity (Wildman–Crippen MR) is 184 cm³/mol. The molecule has 1 saturated carbocycles. The first-order chi connectivity index (χ1) is 23.2. The van der Waals surface area contributed by atoms with E-state index in [1.807, 2.05) is 0 Å². The van der Waals surface area contributed by atoms with Crippen molar-refractivity contribution in [2.24, 2.45) is 11.8 Å². The molecule has 4 atom stereocenters. The number of benzene rings is 2. The van der Waals surface area contributed by atoms with E-state index in [0.29, 0.717) is 17.7 Å². The first kappa shape index (κ1) is 36.7. The van der Waals surface area contributed by atoms with Crippen LogP contribution in [-0.2, 0) is 40.6 Å². The number of nitrogens with zero attached hydrogens (tertiary/aromatic N) is 2. The molecule has 1 aromatic heterocycles. The Hall–Kier alpha value is -3.56. The molecule has 3 aromatic rings. The highest BCUT2D eigenvalue weighted by Gasteiger charge is 2.51. The second kappa shape index (κ2) is 15.1. The number of hydrogen-bond donors (Lipinski definition) is 2. The number of nitrogens with one attached hydrogen (secondary N) is 2. The fourth-order valence-corrected chi connectivity index (χ4v) is 9.50. The Bertz CT molecular complexity index is 1940. The monoisotopic (exact) mass is 750 g/mol. The Morgan fingerprint density at radius 1 is 0.980 bits per heavy atom. The molecule has 2 amide bonds. The van der Waals surface area contributed by atoms with E-state index in [4.69, 9.17) is 27.9 Å². The highest BCUT2D eigenvalue weighted by Crippen LogP contribution is 2.43. The van der Waals surface area contributed by atoms with E-state index in [9.17, 15) is 31.2 Å². The van der Waals surface area contributed by atoms with Gasteiger partial charge in [0.25, 0.3) is 5.91 Å². The number of ether oxygens (including phenoxy) is 1. The van der Waals surface area contributed by atoms with E-state index in [1.54, 1.807) is 31.2 Å². The van der Waals surface area contributed by atoms with Crippen molar-refractivity contribution in [3.8, 4) is 0 Å². The van der Waals surface area contributed by atoms with Gasteiger partial charge >= 0.3 is 5.97 Å². The standard InChI is InChI=1S/C33H36Cl2N4O8S2/c1-3-47-33(42)28(15-20-11-13-22(14-12-20)37-31(40)29-26(34)17-36-18-27(29)35)38-32(41)30-25-10-5-4-7-21(25)19-39(30)49(45,46)24-9-6-8-23(16-24)48(2,43)44/h6,8-9,11-14,16-18,21,25,28,30H,3-5,7,10,15,19H2,1-2H3,(H,37,40)(H,38,41)/t21-,25-,28+,30+/m1/s1. The summed E-state index contributed by atoms with van der Waals surface area (Å²) in [5.74, 6) is -2.22. The quantitative estimate of drug-likeness (QED) is 0.268. The number of carbonyl (C=O) groups is 3. The Kier molecular flexibility index (Phi) is 11.3.